The van der Waals surface area contributed by atoms with E-state index in [4.69, 9.17) is 10.5 Å². The standard InChI is InChI=1S/C20H29N3O3/c21-19(24)16-6-8-18(9-7-16)26-15-3-11-22-10-2-12-23(14-13-22)20(25)17-4-1-5-17/h6-9,17H,1-5,10-15H2,(H2,21,24). The molecule has 0 unspecified atom stereocenters. The summed E-state index contributed by atoms with van der Waals surface area (Å²) >= 11 is 0. The third-order valence-electron chi connectivity index (χ3n) is 5.38. The Labute approximate surface area is 155 Å². The van der Waals surface area contributed by atoms with E-state index in [1.165, 1.54) is 6.42 Å². The van der Waals surface area contributed by atoms with E-state index >= 15 is 0 Å². The van der Waals surface area contributed by atoms with Crippen molar-refractivity contribution in [3.63, 3.8) is 0 Å². The van der Waals surface area contributed by atoms with E-state index in [1.807, 2.05) is 0 Å². The molecule has 1 saturated heterocycles. The van der Waals surface area contributed by atoms with Crippen LogP contribution in [0.25, 0.3) is 0 Å². The van der Waals surface area contributed by atoms with Gasteiger partial charge in [0.05, 0.1) is 6.61 Å². The lowest BCUT2D eigenvalue weighted by Gasteiger charge is -2.31. The lowest BCUT2D eigenvalue weighted by Crippen LogP contribution is -2.41. The molecule has 3 rings (SSSR count). The van der Waals surface area contributed by atoms with Crippen LogP contribution < -0.4 is 10.5 Å². The van der Waals surface area contributed by atoms with Gasteiger partial charge in [-0.1, -0.05) is 6.42 Å². The van der Waals surface area contributed by atoms with Gasteiger partial charge in [-0.3, -0.25) is 9.59 Å². The molecule has 2 amide bonds. The number of rotatable bonds is 7. The molecule has 0 spiro atoms. The van der Waals surface area contributed by atoms with Crippen molar-refractivity contribution in [1.82, 2.24) is 9.80 Å². The molecular formula is C20H29N3O3. The first-order valence-electron chi connectivity index (χ1n) is 9.67. The second kappa shape index (κ2) is 9.03. The van der Waals surface area contributed by atoms with Crippen molar-refractivity contribution < 1.29 is 14.3 Å². The van der Waals surface area contributed by atoms with Gasteiger partial charge in [0.15, 0.2) is 0 Å². The molecule has 1 aliphatic heterocycles. The first kappa shape index (κ1) is 18.7. The van der Waals surface area contributed by atoms with Crippen molar-refractivity contribution in [2.45, 2.75) is 32.1 Å². The predicted molar refractivity (Wildman–Crippen MR) is 100 cm³/mol. The molecule has 2 aliphatic rings. The van der Waals surface area contributed by atoms with Crippen LogP contribution in [0.4, 0.5) is 0 Å². The number of carbonyl (C=O) groups is 2. The highest BCUT2D eigenvalue weighted by molar-refractivity contribution is 5.92. The maximum absolute atomic E-state index is 12.4. The van der Waals surface area contributed by atoms with E-state index in [0.29, 0.717) is 24.0 Å². The molecule has 26 heavy (non-hydrogen) atoms. The van der Waals surface area contributed by atoms with Gasteiger partial charge in [0.2, 0.25) is 11.8 Å². The summed E-state index contributed by atoms with van der Waals surface area (Å²) in [5.74, 6) is 1.00. The zero-order valence-corrected chi connectivity index (χ0v) is 15.4. The fourth-order valence-electron chi connectivity index (χ4n) is 3.52. The average Bonchev–Trinajstić information content (AvgIpc) is 2.83. The Bertz CT molecular complexity index is 613. The van der Waals surface area contributed by atoms with Crippen LogP contribution in [0.2, 0.25) is 0 Å². The molecule has 2 N–H and O–H groups in total. The fraction of sp³-hybridized carbons (Fsp3) is 0.600. The van der Waals surface area contributed by atoms with Crippen LogP contribution in [-0.2, 0) is 4.79 Å². The molecule has 0 bridgehead atoms. The summed E-state index contributed by atoms with van der Waals surface area (Å²) in [5.41, 5.74) is 5.72. The van der Waals surface area contributed by atoms with Crippen molar-refractivity contribution in [3.8, 4) is 5.75 Å². The predicted octanol–water partition coefficient (Wildman–Crippen LogP) is 1.89. The second-order valence-electron chi connectivity index (χ2n) is 7.24. The molecule has 142 valence electrons. The molecule has 1 heterocycles. The molecule has 1 aromatic rings. The van der Waals surface area contributed by atoms with Gasteiger partial charge in [-0.15, -0.1) is 0 Å². The Balaban J connectivity index is 1.34. The van der Waals surface area contributed by atoms with E-state index in [1.54, 1.807) is 24.3 Å². The minimum atomic E-state index is -0.428. The van der Waals surface area contributed by atoms with Crippen LogP contribution in [0.1, 0.15) is 42.5 Å². The Morgan fingerprint density at radius 1 is 1.04 bits per heavy atom. The van der Waals surface area contributed by atoms with Crippen molar-refractivity contribution in [2.75, 3.05) is 39.3 Å². The highest BCUT2D eigenvalue weighted by Crippen LogP contribution is 2.28. The largest absolute Gasteiger partial charge is 0.494 e. The van der Waals surface area contributed by atoms with Gasteiger partial charge in [0.25, 0.3) is 0 Å². The van der Waals surface area contributed by atoms with Gasteiger partial charge in [-0.2, -0.15) is 0 Å². The van der Waals surface area contributed by atoms with E-state index in [0.717, 1.165) is 64.2 Å². The topological polar surface area (TPSA) is 75.9 Å². The Morgan fingerprint density at radius 2 is 1.81 bits per heavy atom. The van der Waals surface area contributed by atoms with Crippen LogP contribution in [0.15, 0.2) is 24.3 Å². The summed E-state index contributed by atoms with van der Waals surface area (Å²) < 4.78 is 5.73. The lowest BCUT2D eigenvalue weighted by atomic mass is 9.84. The van der Waals surface area contributed by atoms with Crippen LogP contribution in [0, 0.1) is 5.92 Å². The highest BCUT2D eigenvalue weighted by Gasteiger charge is 2.30. The molecular weight excluding hydrogens is 330 g/mol. The number of hydrogen-bond donors (Lipinski definition) is 1. The minimum Gasteiger partial charge on any atom is -0.494 e. The van der Waals surface area contributed by atoms with E-state index in [-0.39, 0.29) is 0 Å². The lowest BCUT2D eigenvalue weighted by molar-refractivity contribution is -0.138. The van der Waals surface area contributed by atoms with E-state index in [9.17, 15) is 9.59 Å². The van der Waals surface area contributed by atoms with Crippen molar-refractivity contribution >= 4 is 11.8 Å². The molecule has 1 aliphatic carbocycles. The van der Waals surface area contributed by atoms with Crippen LogP contribution >= 0.6 is 0 Å². The summed E-state index contributed by atoms with van der Waals surface area (Å²) in [4.78, 5) is 27.9. The molecule has 0 radical (unpaired) electrons. The molecule has 1 aromatic carbocycles. The monoisotopic (exact) mass is 359 g/mol. The highest BCUT2D eigenvalue weighted by atomic mass is 16.5. The number of ether oxygens (including phenoxy) is 1. The third-order valence-corrected chi connectivity index (χ3v) is 5.38. The number of benzene rings is 1. The molecule has 1 saturated carbocycles. The maximum Gasteiger partial charge on any atom is 0.248 e. The van der Waals surface area contributed by atoms with Crippen molar-refractivity contribution in [2.24, 2.45) is 11.7 Å². The Kier molecular flexibility index (Phi) is 6.50. The average molecular weight is 359 g/mol. The SMILES string of the molecule is NC(=O)c1ccc(OCCCN2CCCN(C(=O)C3CCC3)CC2)cc1. The van der Waals surface area contributed by atoms with Gasteiger partial charge >= 0.3 is 0 Å². The maximum atomic E-state index is 12.4. The number of nitrogens with two attached hydrogens (primary N) is 1. The minimum absolute atomic E-state index is 0.302. The van der Waals surface area contributed by atoms with Crippen molar-refractivity contribution in [1.29, 1.82) is 0 Å². The van der Waals surface area contributed by atoms with E-state index in [2.05, 4.69) is 9.80 Å². The Morgan fingerprint density at radius 3 is 2.46 bits per heavy atom. The summed E-state index contributed by atoms with van der Waals surface area (Å²) in [6.07, 6.45) is 5.36. The first-order valence-corrected chi connectivity index (χ1v) is 9.67. The summed E-state index contributed by atoms with van der Waals surface area (Å²) in [6, 6.07) is 6.91. The summed E-state index contributed by atoms with van der Waals surface area (Å²) in [6.45, 7) is 5.36. The quantitative estimate of drug-likeness (QED) is 0.755. The van der Waals surface area contributed by atoms with Crippen LogP contribution in [0.3, 0.4) is 0 Å². The first-order chi connectivity index (χ1) is 12.6. The molecule has 6 nitrogen and oxygen atoms in total. The zero-order valence-electron chi connectivity index (χ0n) is 15.4. The van der Waals surface area contributed by atoms with E-state index < -0.39 is 5.91 Å². The molecule has 0 atom stereocenters. The summed E-state index contributed by atoms with van der Waals surface area (Å²) in [5, 5.41) is 0. The number of carbonyl (C=O) groups excluding carboxylic acids is 2. The van der Waals surface area contributed by atoms with Crippen LogP contribution in [0.5, 0.6) is 5.75 Å². The molecule has 0 aromatic heterocycles. The zero-order chi connectivity index (χ0) is 18.4. The van der Waals surface area contributed by atoms with Crippen LogP contribution in [-0.4, -0.2) is 60.9 Å². The van der Waals surface area contributed by atoms with Gasteiger partial charge in [-0.05, 0) is 56.5 Å². The van der Waals surface area contributed by atoms with Gasteiger partial charge in [0.1, 0.15) is 5.75 Å². The Hall–Kier alpha value is -2.08. The smallest absolute Gasteiger partial charge is 0.248 e. The van der Waals surface area contributed by atoms with Gasteiger partial charge in [0, 0.05) is 37.7 Å². The molecule has 2 fully saturated rings. The van der Waals surface area contributed by atoms with Gasteiger partial charge < -0.3 is 20.3 Å². The van der Waals surface area contributed by atoms with Gasteiger partial charge in [-0.25, -0.2) is 0 Å². The number of primary amides is 1. The molecule has 6 heteroatoms. The third kappa shape index (κ3) is 4.97. The van der Waals surface area contributed by atoms with Crippen molar-refractivity contribution in [3.05, 3.63) is 29.8 Å². The summed E-state index contributed by atoms with van der Waals surface area (Å²) in [7, 11) is 0. The number of amides is 2. The normalized spacial score (nSPS) is 18.8. The second-order valence-corrected chi connectivity index (χ2v) is 7.24. The number of hydrogen-bond acceptors (Lipinski definition) is 4. The fourth-order valence-corrected chi connectivity index (χ4v) is 3.52. The number of nitrogens with zero attached hydrogens (tertiary/aromatic N) is 2.